The van der Waals surface area contributed by atoms with Gasteiger partial charge in [0.2, 0.25) is 0 Å². The molecule has 2 unspecified atom stereocenters. The zero-order chi connectivity index (χ0) is 15.1. The van der Waals surface area contributed by atoms with Gasteiger partial charge in [-0.1, -0.05) is 6.07 Å². The van der Waals surface area contributed by atoms with Gasteiger partial charge >= 0.3 is 6.09 Å². The van der Waals surface area contributed by atoms with Crippen LogP contribution in [-0.4, -0.2) is 66.0 Å². The molecule has 22 heavy (non-hydrogen) atoms. The van der Waals surface area contributed by atoms with Crippen LogP contribution in [0.15, 0.2) is 12.1 Å². The number of ether oxygens (including phenoxy) is 1. The largest absolute Gasteiger partial charge is 0.465 e. The lowest BCUT2D eigenvalue weighted by molar-refractivity contribution is 0.0346. The monoisotopic (exact) mass is 304 g/mol. The Morgan fingerprint density at radius 1 is 1.36 bits per heavy atom. The van der Waals surface area contributed by atoms with E-state index in [9.17, 15) is 4.79 Å². The predicted molar refractivity (Wildman–Crippen MR) is 80.1 cm³/mol. The lowest BCUT2D eigenvalue weighted by Gasteiger charge is -2.38. The van der Waals surface area contributed by atoms with Gasteiger partial charge in [0.1, 0.15) is 5.82 Å². The summed E-state index contributed by atoms with van der Waals surface area (Å²) < 4.78 is 5.80. The Kier molecular flexibility index (Phi) is 3.38. The van der Waals surface area contributed by atoms with E-state index in [1.54, 1.807) is 0 Å². The maximum Gasteiger partial charge on any atom is 0.407 e. The smallest absolute Gasteiger partial charge is 0.407 e. The van der Waals surface area contributed by atoms with Crippen molar-refractivity contribution in [3.8, 4) is 0 Å². The normalized spacial score (nSPS) is 27.5. The number of carbonyl (C=O) groups is 1. The number of aromatic nitrogens is 1. The molecule has 118 valence electrons. The average Bonchev–Trinajstić information content (AvgIpc) is 3.02. The van der Waals surface area contributed by atoms with Gasteiger partial charge in [-0.3, -0.25) is 0 Å². The molecule has 3 aliphatic rings. The number of anilines is 1. The first kappa shape index (κ1) is 13.8. The minimum atomic E-state index is -0.859. The fraction of sp³-hybridized carbons (Fsp3) is 0.600. The Morgan fingerprint density at radius 2 is 2.27 bits per heavy atom. The van der Waals surface area contributed by atoms with Crippen LogP contribution in [0, 0.1) is 0 Å². The third kappa shape index (κ3) is 2.30. The molecular formula is C15H20N4O3. The molecule has 0 radical (unpaired) electrons. The molecule has 2 saturated heterocycles. The van der Waals surface area contributed by atoms with E-state index in [2.05, 4.69) is 10.2 Å². The SMILES string of the molecule is O=C(O)N1CCc2nc(N3CCOC4CNCC43)ccc2C1. The van der Waals surface area contributed by atoms with Gasteiger partial charge in [-0.2, -0.15) is 0 Å². The van der Waals surface area contributed by atoms with Crippen LogP contribution in [0.1, 0.15) is 11.3 Å². The number of hydrogen-bond donors (Lipinski definition) is 2. The summed E-state index contributed by atoms with van der Waals surface area (Å²) in [5, 5.41) is 12.5. The summed E-state index contributed by atoms with van der Waals surface area (Å²) in [6, 6.07) is 4.39. The number of fused-ring (bicyclic) bond motifs is 2. The highest BCUT2D eigenvalue weighted by Gasteiger charge is 2.37. The summed E-state index contributed by atoms with van der Waals surface area (Å²) in [5.41, 5.74) is 2.05. The van der Waals surface area contributed by atoms with Gasteiger partial charge in [-0.15, -0.1) is 0 Å². The molecule has 0 aromatic carbocycles. The van der Waals surface area contributed by atoms with Crippen LogP contribution in [0.3, 0.4) is 0 Å². The summed E-state index contributed by atoms with van der Waals surface area (Å²) >= 11 is 0. The van der Waals surface area contributed by atoms with Gasteiger partial charge in [0.05, 0.1) is 25.3 Å². The van der Waals surface area contributed by atoms with Crippen LogP contribution in [0.25, 0.3) is 0 Å². The summed E-state index contributed by atoms with van der Waals surface area (Å²) in [7, 11) is 0. The second-order valence-electron chi connectivity index (χ2n) is 6.06. The molecule has 0 aliphatic carbocycles. The lowest BCUT2D eigenvalue weighted by atomic mass is 10.1. The molecule has 1 amide bonds. The molecule has 3 aliphatic heterocycles. The first-order valence-electron chi connectivity index (χ1n) is 7.78. The van der Waals surface area contributed by atoms with E-state index in [-0.39, 0.29) is 6.10 Å². The zero-order valence-electron chi connectivity index (χ0n) is 12.4. The number of carboxylic acid groups (broad SMARTS) is 1. The van der Waals surface area contributed by atoms with Crippen molar-refractivity contribution >= 4 is 11.9 Å². The fourth-order valence-corrected chi connectivity index (χ4v) is 3.60. The van der Waals surface area contributed by atoms with Gasteiger partial charge in [0, 0.05) is 38.3 Å². The van der Waals surface area contributed by atoms with Gasteiger partial charge < -0.3 is 25.0 Å². The quantitative estimate of drug-likeness (QED) is 0.777. The Balaban J connectivity index is 1.58. The van der Waals surface area contributed by atoms with E-state index in [1.165, 1.54) is 4.90 Å². The highest BCUT2D eigenvalue weighted by molar-refractivity contribution is 5.65. The number of amides is 1. The number of morpholine rings is 1. The van der Waals surface area contributed by atoms with Crippen molar-refractivity contribution in [1.29, 1.82) is 0 Å². The summed E-state index contributed by atoms with van der Waals surface area (Å²) in [4.78, 5) is 19.7. The van der Waals surface area contributed by atoms with Crippen molar-refractivity contribution < 1.29 is 14.6 Å². The van der Waals surface area contributed by atoms with Crippen molar-refractivity contribution in [3.63, 3.8) is 0 Å². The maximum atomic E-state index is 11.1. The average molecular weight is 304 g/mol. The van der Waals surface area contributed by atoms with E-state index >= 15 is 0 Å². The van der Waals surface area contributed by atoms with Crippen molar-refractivity contribution in [3.05, 3.63) is 23.4 Å². The first-order valence-corrected chi connectivity index (χ1v) is 7.78. The third-order valence-electron chi connectivity index (χ3n) is 4.79. The summed E-state index contributed by atoms with van der Waals surface area (Å²) in [6.07, 6.45) is 0.0726. The van der Waals surface area contributed by atoms with Crippen LogP contribution in [0.5, 0.6) is 0 Å². The molecule has 0 saturated carbocycles. The summed E-state index contributed by atoms with van der Waals surface area (Å²) in [6.45, 7) is 4.38. The van der Waals surface area contributed by atoms with Gasteiger partial charge in [-0.05, 0) is 11.6 Å². The number of pyridine rings is 1. The van der Waals surface area contributed by atoms with Crippen LogP contribution in [-0.2, 0) is 17.7 Å². The number of hydrogen-bond acceptors (Lipinski definition) is 5. The Morgan fingerprint density at radius 3 is 3.14 bits per heavy atom. The van der Waals surface area contributed by atoms with Crippen LogP contribution < -0.4 is 10.2 Å². The van der Waals surface area contributed by atoms with E-state index < -0.39 is 6.09 Å². The Hall–Kier alpha value is -1.86. The van der Waals surface area contributed by atoms with Crippen molar-refractivity contribution in [1.82, 2.24) is 15.2 Å². The highest BCUT2D eigenvalue weighted by atomic mass is 16.5. The van der Waals surface area contributed by atoms with Crippen LogP contribution >= 0.6 is 0 Å². The Bertz CT molecular complexity index is 594. The topological polar surface area (TPSA) is 77.9 Å². The molecule has 1 aromatic rings. The van der Waals surface area contributed by atoms with Gasteiger partial charge in [0.15, 0.2) is 0 Å². The molecular weight excluding hydrogens is 284 g/mol. The van der Waals surface area contributed by atoms with Crippen molar-refractivity contribution in [2.75, 3.05) is 37.7 Å². The number of nitrogens with one attached hydrogen (secondary N) is 1. The Labute approximate surface area is 128 Å². The molecule has 2 atom stereocenters. The number of nitrogens with zero attached hydrogens (tertiary/aromatic N) is 3. The second kappa shape index (κ2) is 5.40. The minimum Gasteiger partial charge on any atom is -0.465 e. The molecule has 2 fully saturated rings. The molecule has 0 spiro atoms. The van der Waals surface area contributed by atoms with Gasteiger partial charge in [-0.25, -0.2) is 9.78 Å². The lowest BCUT2D eigenvalue weighted by Crippen LogP contribution is -2.51. The van der Waals surface area contributed by atoms with Crippen molar-refractivity contribution in [2.24, 2.45) is 0 Å². The van der Waals surface area contributed by atoms with Crippen LogP contribution in [0.4, 0.5) is 10.6 Å². The van der Waals surface area contributed by atoms with E-state index in [0.717, 1.165) is 43.3 Å². The predicted octanol–water partition coefficient (Wildman–Crippen LogP) is 0.295. The molecule has 7 heteroatoms. The van der Waals surface area contributed by atoms with Crippen LogP contribution in [0.2, 0.25) is 0 Å². The first-order chi connectivity index (χ1) is 10.7. The molecule has 1 aromatic heterocycles. The fourth-order valence-electron chi connectivity index (χ4n) is 3.60. The molecule has 7 nitrogen and oxygen atoms in total. The van der Waals surface area contributed by atoms with Crippen molar-refractivity contribution in [2.45, 2.75) is 25.1 Å². The standard InChI is InChI=1S/C15H20N4O3/c20-15(21)18-4-3-11-10(9-18)1-2-14(17-11)19-5-6-22-13-8-16-7-12(13)19/h1-2,12-13,16H,3-9H2,(H,20,21). The zero-order valence-corrected chi connectivity index (χ0v) is 12.4. The maximum absolute atomic E-state index is 11.1. The molecule has 4 rings (SSSR count). The van der Waals surface area contributed by atoms with E-state index in [4.69, 9.17) is 14.8 Å². The van der Waals surface area contributed by atoms with Gasteiger partial charge in [0.25, 0.3) is 0 Å². The second-order valence-corrected chi connectivity index (χ2v) is 6.06. The molecule has 4 heterocycles. The summed E-state index contributed by atoms with van der Waals surface area (Å²) in [5.74, 6) is 0.990. The van der Waals surface area contributed by atoms with E-state index in [0.29, 0.717) is 25.6 Å². The molecule has 0 bridgehead atoms. The highest BCUT2D eigenvalue weighted by Crippen LogP contribution is 2.26. The number of rotatable bonds is 1. The van der Waals surface area contributed by atoms with E-state index in [1.807, 2.05) is 12.1 Å². The minimum absolute atomic E-state index is 0.245. The third-order valence-corrected chi connectivity index (χ3v) is 4.79. The molecule has 2 N–H and O–H groups in total.